The van der Waals surface area contributed by atoms with Crippen LogP contribution in [-0.2, 0) is 0 Å². The first-order chi connectivity index (χ1) is 12.2. The van der Waals surface area contributed by atoms with Gasteiger partial charge in [-0.1, -0.05) is 28.1 Å². The van der Waals surface area contributed by atoms with E-state index in [1.807, 2.05) is 12.1 Å². The van der Waals surface area contributed by atoms with Crippen LogP contribution < -0.4 is 19.5 Å². The molecule has 2 heterocycles. The molecule has 0 radical (unpaired) electrons. The highest BCUT2D eigenvalue weighted by Crippen LogP contribution is 2.52. The maximum Gasteiger partial charge on any atom is 0.231 e. The molecule has 0 saturated heterocycles. The number of nitrogens with one attached hydrogen (secondary N) is 1. The van der Waals surface area contributed by atoms with Crippen molar-refractivity contribution in [2.75, 3.05) is 19.2 Å². The predicted octanol–water partition coefficient (Wildman–Crippen LogP) is 5.01. The van der Waals surface area contributed by atoms with Crippen LogP contribution in [-0.4, -0.2) is 13.9 Å². The highest BCUT2D eigenvalue weighted by Gasteiger charge is 2.39. The zero-order valence-electron chi connectivity index (χ0n) is 13.8. The highest BCUT2D eigenvalue weighted by molar-refractivity contribution is 9.10. The fourth-order valence-electron chi connectivity index (χ4n) is 4.18. The largest absolute Gasteiger partial charge is 0.497 e. The summed E-state index contributed by atoms with van der Waals surface area (Å²) in [7, 11) is 1.71. The Morgan fingerprint density at radius 3 is 2.80 bits per heavy atom. The summed E-state index contributed by atoms with van der Waals surface area (Å²) in [5.41, 5.74) is 3.69. The van der Waals surface area contributed by atoms with E-state index in [1.54, 1.807) is 7.11 Å². The molecule has 0 saturated carbocycles. The van der Waals surface area contributed by atoms with E-state index in [9.17, 15) is 0 Å². The summed E-state index contributed by atoms with van der Waals surface area (Å²) in [6.07, 6.45) is 5.68. The summed E-state index contributed by atoms with van der Waals surface area (Å²) in [5, 5.41) is 3.75. The highest BCUT2D eigenvalue weighted by atomic mass is 79.9. The molecular weight excluding hydrogens is 382 g/mol. The minimum atomic E-state index is 0.213. The van der Waals surface area contributed by atoms with E-state index >= 15 is 0 Å². The van der Waals surface area contributed by atoms with Crippen LogP contribution in [0.4, 0.5) is 5.69 Å². The zero-order valence-corrected chi connectivity index (χ0v) is 15.4. The van der Waals surface area contributed by atoms with Gasteiger partial charge in [0.1, 0.15) is 5.75 Å². The number of halogens is 1. The smallest absolute Gasteiger partial charge is 0.231 e. The van der Waals surface area contributed by atoms with Crippen molar-refractivity contribution in [3.8, 4) is 17.2 Å². The molecular formula is C20H18BrNO3. The van der Waals surface area contributed by atoms with Gasteiger partial charge < -0.3 is 19.5 Å². The fourth-order valence-corrected chi connectivity index (χ4v) is 4.75. The first kappa shape index (κ1) is 15.1. The maximum atomic E-state index is 5.59. The van der Waals surface area contributed by atoms with Gasteiger partial charge in [-0.3, -0.25) is 0 Å². The molecule has 0 unspecified atom stereocenters. The lowest BCUT2D eigenvalue weighted by Crippen LogP contribution is -2.29. The molecule has 128 valence electrons. The summed E-state index contributed by atoms with van der Waals surface area (Å²) in [6, 6.07) is 10.6. The van der Waals surface area contributed by atoms with Gasteiger partial charge in [0.2, 0.25) is 6.79 Å². The van der Waals surface area contributed by atoms with Crippen molar-refractivity contribution in [1.82, 2.24) is 0 Å². The van der Waals surface area contributed by atoms with E-state index in [0.717, 1.165) is 28.1 Å². The standard InChI is InChI=1S/C20H18BrNO3/c1-23-11-5-6-17-14(7-11)12-3-2-4-13(12)20(22-17)15-8-18-19(9-16(15)21)25-10-24-18/h2-3,5-9,12-13,20,22H,4,10H2,1H3/t12-,13+,20+/m0/s1. The normalized spacial score (nSPS) is 25.3. The van der Waals surface area contributed by atoms with E-state index in [0.29, 0.717) is 18.6 Å². The Morgan fingerprint density at radius 2 is 1.96 bits per heavy atom. The second kappa shape index (κ2) is 5.70. The van der Waals surface area contributed by atoms with Gasteiger partial charge in [-0.05, 0) is 53.8 Å². The number of fused-ring (bicyclic) bond motifs is 4. The molecule has 5 rings (SSSR count). The Hall–Kier alpha value is -2.14. The molecule has 3 atom stereocenters. The number of allylic oxidation sites excluding steroid dienone is 2. The van der Waals surface area contributed by atoms with Crippen molar-refractivity contribution >= 4 is 21.6 Å². The average Bonchev–Trinajstić information content (AvgIpc) is 3.29. The molecule has 0 aromatic heterocycles. The van der Waals surface area contributed by atoms with Crippen LogP contribution in [0.1, 0.15) is 29.5 Å². The van der Waals surface area contributed by atoms with Gasteiger partial charge in [0.25, 0.3) is 0 Å². The first-order valence-electron chi connectivity index (χ1n) is 8.45. The maximum absolute atomic E-state index is 5.59. The number of methoxy groups -OCH3 is 1. The zero-order chi connectivity index (χ0) is 17.0. The number of rotatable bonds is 2. The van der Waals surface area contributed by atoms with Crippen molar-refractivity contribution < 1.29 is 14.2 Å². The lowest BCUT2D eigenvalue weighted by Gasteiger charge is -2.38. The molecule has 0 bridgehead atoms. The van der Waals surface area contributed by atoms with Crippen LogP contribution in [0.3, 0.4) is 0 Å². The minimum Gasteiger partial charge on any atom is -0.497 e. The number of ether oxygens (including phenoxy) is 3. The van der Waals surface area contributed by atoms with E-state index < -0.39 is 0 Å². The molecule has 0 amide bonds. The summed E-state index contributed by atoms with van der Waals surface area (Å²) in [4.78, 5) is 0. The van der Waals surface area contributed by atoms with Crippen LogP contribution >= 0.6 is 15.9 Å². The second-order valence-electron chi connectivity index (χ2n) is 6.66. The lowest BCUT2D eigenvalue weighted by molar-refractivity contribution is 0.174. The Labute approximate surface area is 154 Å². The van der Waals surface area contributed by atoms with Crippen molar-refractivity contribution in [3.05, 3.63) is 58.1 Å². The van der Waals surface area contributed by atoms with Crippen LogP contribution in [0.2, 0.25) is 0 Å². The molecule has 5 heteroatoms. The second-order valence-corrected chi connectivity index (χ2v) is 7.51. The van der Waals surface area contributed by atoms with Crippen molar-refractivity contribution in [3.63, 3.8) is 0 Å². The van der Waals surface area contributed by atoms with Gasteiger partial charge >= 0.3 is 0 Å². The third-order valence-electron chi connectivity index (χ3n) is 5.40. The SMILES string of the molecule is COc1ccc2c(c1)[C@H]1C=CC[C@H]1[C@H](c1cc3c(cc1Br)OCO3)N2. The topological polar surface area (TPSA) is 39.7 Å². The number of hydrogen-bond acceptors (Lipinski definition) is 4. The van der Waals surface area contributed by atoms with Crippen LogP contribution in [0.5, 0.6) is 17.2 Å². The van der Waals surface area contributed by atoms with Crippen molar-refractivity contribution in [2.24, 2.45) is 5.92 Å². The number of benzene rings is 2. The average molecular weight is 400 g/mol. The molecule has 3 aliphatic rings. The Bertz CT molecular complexity index is 879. The summed E-state index contributed by atoms with van der Waals surface area (Å²) in [6.45, 7) is 0.291. The van der Waals surface area contributed by atoms with Crippen LogP contribution in [0, 0.1) is 5.92 Å². The van der Waals surface area contributed by atoms with E-state index in [-0.39, 0.29) is 6.04 Å². The number of anilines is 1. The van der Waals surface area contributed by atoms with Gasteiger partial charge in [0.05, 0.1) is 13.2 Å². The van der Waals surface area contributed by atoms with Gasteiger partial charge in [-0.2, -0.15) is 0 Å². The summed E-state index contributed by atoms with van der Waals surface area (Å²) < 4.78 is 17.6. The molecule has 1 aliphatic carbocycles. The van der Waals surface area contributed by atoms with Gasteiger partial charge in [0, 0.05) is 16.1 Å². The van der Waals surface area contributed by atoms with E-state index in [1.165, 1.54) is 16.8 Å². The monoisotopic (exact) mass is 399 g/mol. The number of hydrogen-bond donors (Lipinski definition) is 1. The molecule has 25 heavy (non-hydrogen) atoms. The van der Waals surface area contributed by atoms with E-state index in [2.05, 4.69) is 51.6 Å². The third-order valence-corrected chi connectivity index (χ3v) is 6.08. The molecule has 0 fully saturated rings. The van der Waals surface area contributed by atoms with Gasteiger partial charge in [0.15, 0.2) is 11.5 Å². The summed E-state index contributed by atoms with van der Waals surface area (Å²) in [5.74, 6) is 3.40. The van der Waals surface area contributed by atoms with Crippen molar-refractivity contribution in [2.45, 2.75) is 18.4 Å². The minimum absolute atomic E-state index is 0.213. The predicted molar refractivity (Wildman–Crippen MR) is 99.6 cm³/mol. The Morgan fingerprint density at radius 1 is 1.12 bits per heavy atom. The lowest BCUT2D eigenvalue weighted by atomic mass is 9.77. The molecule has 0 spiro atoms. The van der Waals surface area contributed by atoms with Gasteiger partial charge in [-0.15, -0.1) is 0 Å². The fraction of sp³-hybridized carbons (Fsp3) is 0.300. The summed E-state index contributed by atoms with van der Waals surface area (Å²) >= 11 is 3.73. The van der Waals surface area contributed by atoms with Crippen molar-refractivity contribution in [1.29, 1.82) is 0 Å². The first-order valence-corrected chi connectivity index (χ1v) is 9.24. The van der Waals surface area contributed by atoms with Crippen LogP contribution in [0.15, 0.2) is 47.0 Å². The molecule has 2 aromatic rings. The molecule has 1 N–H and O–H groups in total. The Kier molecular flexibility index (Phi) is 3.45. The quantitative estimate of drug-likeness (QED) is 0.720. The van der Waals surface area contributed by atoms with E-state index in [4.69, 9.17) is 14.2 Å². The molecule has 4 nitrogen and oxygen atoms in total. The molecule has 2 aliphatic heterocycles. The van der Waals surface area contributed by atoms with Gasteiger partial charge in [-0.25, -0.2) is 0 Å². The third kappa shape index (κ3) is 2.33. The Balaban J connectivity index is 1.59. The van der Waals surface area contributed by atoms with Crippen LogP contribution in [0.25, 0.3) is 0 Å². The molecule has 2 aromatic carbocycles.